The third kappa shape index (κ3) is 3.58. The van der Waals surface area contributed by atoms with Gasteiger partial charge in [0.15, 0.2) is 6.29 Å². The number of hydrogen-bond acceptors (Lipinski definition) is 5. The van der Waals surface area contributed by atoms with Crippen molar-refractivity contribution < 1.29 is 9.53 Å². The molecular formula is C11H17N3O2. The van der Waals surface area contributed by atoms with Crippen molar-refractivity contribution in [1.82, 2.24) is 9.97 Å². The van der Waals surface area contributed by atoms with Crippen LogP contribution in [0, 0.1) is 0 Å². The normalized spacial score (nSPS) is 10.1. The first-order chi connectivity index (χ1) is 7.81. The van der Waals surface area contributed by atoms with E-state index in [0.29, 0.717) is 24.7 Å². The number of carbonyl (C=O) groups excluding carboxylic acids is 1. The van der Waals surface area contributed by atoms with Crippen molar-refractivity contribution >= 4 is 12.2 Å². The molecule has 16 heavy (non-hydrogen) atoms. The number of ether oxygens (including phenoxy) is 1. The summed E-state index contributed by atoms with van der Waals surface area (Å²) < 4.78 is 5.28. The number of anilines is 1. The number of likely N-dealkylation sites (N-methyl/N-ethyl adjacent to an activating group) is 1. The predicted molar refractivity (Wildman–Crippen MR) is 61.8 cm³/mol. The summed E-state index contributed by atoms with van der Waals surface area (Å²) >= 11 is 0. The molecule has 0 fully saturated rings. The zero-order chi connectivity index (χ0) is 11.8. The Hall–Kier alpha value is -1.49. The quantitative estimate of drug-likeness (QED) is 0.512. The lowest BCUT2D eigenvalue weighted by Gasteiger charge is -2.20. The Labute approximate surface area is 95.5 Å². The van der Waals surface area contributed by atoms with Crippen molar-refractivity contribution in [2.45, 2.75) is 13.8 Å². The van der Waals surface area contributed by atoms with E-state index in [0.717, 1.165) is 19.4 Å². The van der Waals surface area contributed by atoms with Gasteiger partial charge in [-0.1, -0.05) is 0 Å². The summed E-state index contributed by atoms with van der Waals surface area (Å²) in [5.74, 6) is 0.632. The van der Waals surface area contributed by atoms with Crippen molar-refractivity contribution in [1.29, 1.82) is 0 Å². The second-order valence-electron chi connectivity index (χ2n) is 3.21. The Kier molecular flexibility index (Phi) is 5.42. The molecule has 0 N–H and O–H groups in total. The molecule has 0 unspecified atom stereocenters. The average Bonchev–Trinajstić information content (AvgIpc) is 2.35. The molecule has 0 aliphatic carbocycles. The molecule has 0 spiro atoms. The highest BCUT2D eigenvalue weighted by atomic mass is 16.5. The minimum atomic E-state index is 0.490. The molecule has 1 heterocycles. The summed E-state index contributed by atoms with van der Waals surface area (Å²) in [5, 5.41) is 0. The van der Waals surface area contributed by atoms with Crippen LogP contribution >= 0.6 is 0 Å². The molecule has 1 aromatic rings. The number of aromatic nitrogens is 2. The zero-order valence-electron chi connectivity index (χ0n) is 9.72. The van der Waals surface area contributed by atoms with Crippen LogP contribution in [-0.2, 0) is 4.74 Å². The van der Waals surface area contributed by atoms with Crippen LogP contribution < -0.4 is 4.90 Å². The van der Waals surface area contributed by atoms with Gasteiger partial charge in [-0.15, -0.1) is 0 Å². The molecule has 0 saturated heterocycles. The van der Waals surface area contributed by atoms with Gasteiger partial charge in [-0.3, -0.25) is 4.79 Å². The van der Waals surface area contributed by atoms with E-state index in [2.05, 4.69) is 9.97 Å². The van der Waals surface area contributed by atoms with Gasteiger partial charge < -0.3 is 9.64 Å². The third-order valence-electron chi connectivity index (χ3n) is 2.17. The third-order valence-corrected chi connectivity index (χ3v) is 2.17. The predicted octanol–water partition coefficient (Wildman–Crippen LogP) is 1.15. The van der Waals surface area contributed by atoms with Gasteiger partial charge in [0, 0.05) is 32.1 Å². The summed E-state index contributed by atoms with van der Waals surface area (Å²) in [6.45, 7) is 6.93. The molecule has 0 aliphatic heterocycles. The van der Waals surface area contributed by atoms with Crippen molar-refractivity contribution in [3.8, 4) is 0 Å². The molecule has 5 heteroatoms. The Morgan fingerprint density at radius 3 is 2.56 bits per heavy atom. The smallest absolute Gasteiger partial charge is 0.225 e. The second kappa shape index (κ2) is 6.90. The highest BCUT2D eigenvalue weighted by Gasteiger charge is 2.06. The van der Waals surface area contributed by atoms with E-state index in [9.17, 15) is 4.79 Å². The van der Waals surface area contributed by atoms with Gasteiger partial charge in [0.25, 0.3) is 0 Å². The number of hydrogen-bond donors (Lipinski definition) is 0. The molecular weight excluding hydrogens is 206 g/mol. The first-order valence-electron chi connectivity index (χ1n) is 5.41. The van der Waals surface area contributed by atoms with Crippen molar-refractivity contribution in [2.24, 2.45) is 0 Å². The van der Waals surface area contributed by atoms with E-state index in [1.165, 1.54) is 12.4 Å². The van der Waals surface area contributed by atoms with Crippen LogP contribution in [0.3, 0.4) is 0 Å². The minimum Gasteiger partial charge on any atom is -0.380 e. The average molecular weight is 223 g/mol. The highest BCUT2D eigenvalue weighted by Crippen LogP contribution is 2.05. The number of aldehydes is 1. The van der Waals surface area contributed by atoms with Crippen LogP contribution in [0.4, 0.5) is 5.95 Å². The Morgan fingerprint density at radius 2 is 2.06 bits per heavy atom. The van der Waals surface area contributed by atoms with Crippen LogP contribution in [0.5, 0.6) is 0 Å². The molecule has 0 atom stereocenters. The van der Waals surface area contributed by atoms with Gasteiger partial charge in [0.05, 0.1) is 12.2 Å². The summed E-state index contributed by atoms with van der Waals surface area (Å²) in [4.78, 5) is 20.7. The molecule has 0 aliphatic rings. The molecule has 5 nitrogen and oxygen atoms in total. The molecule has 0 aromatic carbocycles. The lowest BCUT2D eigenvalue weighted by atomic mass is 10.4. The van der Waals surface area contributed by atoms with Crippen molar-refractivity contribution in [2.75, 3.05) is 31.2 Å². The van der Waals surface area contributed by atoms with E-state index >= 15 is 0 Å². The van der Waals surface area contributed by atoms with Gasteiger partial charge in [0.1, 0.15) is 0 Å². The Balaban J connectivity index is 2.59. The van der Waals surface area contributed by atoms with Crippen LogP contribution in [0.15, 0.2) is 12.4 Å². The van der Waals surface area contributed by atoms with Crippen molar-refractivity contribution in [3.05, 3.63) is 18.0 Å². The molecule has 0 saturated carbocycles. The highest BCUT2D eigenvalue weighted by molar-refractivity contribution is 5.73. The Morgan fingerprint density at radius 1 is 1.38 bits per heavy atom. The zero-order valence-corrected chi connectivity index (χ0v) is 9.72. The first-order valence-corrected chi connectivity index (χ1v) is 5.41. The van der Waals surface area contributed by atoms with Crippen molar-refractivity contribution in [3.63, 3.8) is 0 Å². The monoisotopic (exact) mass is 223 g/mol. The molecule has 1 rings (SSSR count). The van der Waals surface area contributed by atoms with E-state index in [-0.39, 0.29) is 0 Å². The van der Waals surface area contributed by atoms with E-state index < -0.39 is 0 Å². The maximum atomic E-state index is 10.5. The minimum absolute atomic E-state index is 0.490. The fourth-order valence-corrected chi connectivity index (χ4v) is 1.27. The molecule has 0 bridgehead atoms. The summed E-state index contributed by atoms with van der Waals surface area (Å²) in [6.07, 6.45) is 3.79. The van der Waals surface area contributed by atoms with E-state index in [4.69, 9.17) is 4.74 Å². The van der Waals surface area contributed by atoms with Gasteiger partial charge in [0.2, 0.25) is 5.95 Å². The van der Waals surface area contributed by atoms with Crippen LogP contribution in [0.25, 0.3) is 0 Å². The molecule has 0 radical (unpaired) electrons. The summed E-state index contributed by atoms with van der Waals surface area (Å²) in [7, 11) is 0. The maximum Gasteiger partial charge on any atom is 0.225 e. The molecule has 0 amide bonds. The molecule has 1 aromatic heterocycles. The molecule has 88 valence electrons. The fraction of sp³-hybridized carbons (Fsp3) is 0.545. The summed E-state index contributed by atoms with van der Waals surface area (Å²) in [6, 6.07) is 0. The number of carbonyl (C=O) groups is 1. The van der Waals surface area contributed by atoms with Crippen LogP contribution in [0.2, 0.25) is 0 Å². The number of rotatable bonds is 7. The number of nitrogens with zero attached hydrogens (tertiary/aromatic N) is 3. The largest absolute Gasteiger partial charge is 0.380 e. The Bertz CT molecular complexity index is 314. The van der Waals surface area contributed by atoms with Gasteiger partial charge >= 0.3 is 0 Å². The van der Waals surface area contributed by atoms with E-state index in [1.54, 1.807) is 0 Å². The van der Waals surface area contributed by atoms with Crippen LogP contribution in [0.1, 0.15) is 24.2 Å². The standard InChI is InChI=1S/C11H17N3O2/c1-3-14(5-6-16-4-2)11-12-7-10(9-15)8-13-11/h7-9H,3-6H2,1-2H3. The lowest BCUT2D eigenvalue weighted by Crippen LogP contribution is -2.28. The topological polar surface area (TPSA) is 55.3 Å². The van der Waals surface area contributed by atoms with Gasteiger partial charge in [-0.05, 0) is 13.8 Å². The second-order valence-corrected chi connectivity index (χ2v) is 3.21. The maximum absolute atomic E-state index is 10.5. The van der Waals surface area contributed by atoms with Gasteiger partial charge in [-0.2, -0.15) is 0 Å². The fourth-order valence-electron chi connectivity index (χ4n) is 1.27. The summed E-state index contributed by atoms with van der Waals surface area (Å²) in [5.41, 5.74) is 0.490. The lowest BCUT2D eigenvalue weighted by molar-refractivity contribution is 0.112. The first kappa shape index (κ1) is 12.6. The van der Waals surface area contributed by atoms with Gasteiger partial charge in [-0.25, -0.2) is 9.97 Å². The van der Waals surface area contributed by atoms with Crippen LogP contribution in [-0.4, -0.2) is 42.6 Å². The SMILES string of the molecule is CCOCCN(CC)c1ncc(C=O)cn1. The van der Waals surface area contributed by atoms with E-state index in [1.807, 2.05) is 18.7 Å².